The van der Waals surface area contributed by atoms with E-state index < -0.39 is 11.7 Å². The summed E-state index contributed by atoms with van der Waals surface area (Å²) in [7, 11) is 1.57. The fourth-order valence-corrected chi connectivity index (χ4v) is 5.16. The Labute approximate surface area is 237 Å². The number of imidazole rings is 1. The zero-order valence-electron chi connectivity index (χ0n) is 24.1. The Hall–Kier alpha value is -4.59. The van der Waals surface area contributed by atoms with E-state index in [1.165, 1.54) is 9.36 Å². The average molecular weight is 558 g/mol. The van der Waals surface area contributed by atoms with E-state index in [2.05, 4.69) is 22.1 Å². The minimum atomic E-state index is -0.604. The van der Waals surface area contributed by atoms with Crippen LogP contribution in [0.4, 0.5) is 10.7 Å². The van der Waals surface area contributed by atoms with Crippen LogP contribution in [-0.2, 0) is 24.9 Å². The highest BCUT2D eigenvalue weighted by Crippen LogP contribution is 2.23. The number of hydrogen-bond acceptors (Lipinski definition) is 7. The Morgan fingerprint density at radius 2 is 1.90 bits per heavy atom. The summed E-state index contributed by atoms with van der Waals surface area (Å²) >= 11 is 0. The first-order valence-electron chi connectivity index (χ1n) is 13.7. The van der Waals surface area contributed by atoms with Gasteiger partial charge in [0.2, 0.25) is 5.95 Å². The number of benzene rings is 1. The number of pyridine rings is 1. The van der Waals surface area contributed by atoms with Crippen LogP contribution in [0.5, 0.6) is 0 Å². The van der Waals surface area contributed by atoms with Gasteiger partial charge in [-0.05, 0) is 52.7 Å². The summed E-state index contributed by atoms with van der Waals surface area (Å²) in [6.07, 6.45) is 1.09. The lowest BCUT2D eigenvalue weighted by atomic mass is 10.1. The van der Waals surface area contributed by atoms with Crippen molar-refractivity contribution in [3.05, 3.63) is 62.8 Å². The van der Waals surface area contributed by atoms with Crippen molar-refractivity contribution in [2.24, 2.45) is 7.05 Å². The molecule has 3 aromatic heterocycles. The number of fused-ring (bicyclic) bond motifs is 2. The molecular formula is C30H35N7O4. The Bertz CT molecular complexity index is 1800. The summed E-state index contributed by atoms with van der Waals surface area (Å²) in [4.78, 5) is 51.3. The number of piperidine rings is 1. The summed E-state index contributed by atoms with van der Waals surface area (Å²) in [5.74, 6) is 6.39. The SMILES string of the molecule is CC#CCn1c(N2CCC[C@@H](NC(=O)OC(C)(C)C)C2)nc2c(=O)n(C)n(Cc3ccc4ccccc4n3)c(=O)c21. The van der Waals surface area contributed by atoms with Gasteiger partial charge >= 0.3 is 6.09 Å². The van der Waals surface area contributed by atoms with E-state index >= 15 is 0 Å². The van der Waals surface area contributed by atoms with Crippen LogP contribution in [0.1, 0.15) is 46.2 Å². The Morgan fingerprint density at radius 1 is 1.12 bits per heavy atom. The minimum Gasteiger partial charge on any atom is -0.444 e. The Balaban J connectivity index is 1.54. The zero-order valence-corrected chi connectivity index (χ0v) is 24.1. The third-order valence-electron chi connectivity index (χ3n) is 7.05. The number of nitrogens with zero attached hydrogens (tertiary/aromatic N) is 6. The molecule has 0 spiro atoms. The van der Waals surface area contributed by atoms with Crippen LogP contribution in [0.2, 0.25) is 0 Å². The number of carbonyl (C=O) groups excluding carboxylic acids is 1. The molecule has 4 heterocycles. The first kappa shape index (κ1) is 28.0. The van der Waals surface area contributed by atoms with E-state index in [4.69, 9.17) is 9.72 Å². The van der Waals surface area contributed by atoms with Crippen LogP contribution in [0, 0.1) is 11.8 Å². The van der Waals surface area contributed by atoms with Crippen molar-refractivity contribution < 1.29 is 9.53 Å². The molecule has 1 N–H and O–H groups in total. The second kappa shape index (κ2) is 11.1. The zero-order chi connectivity index (χ0) is 29.3. The number of nitrogens with one attached hydrogen (secondary N) is 1. The number of aromatic nitrogens is 5. The van der Waals surface area contributed by atoms with Gasteiger partial charge < -0.3 is 15.0 Å². The Kier molecular flexibility index (Phi) is 7.58. The second-order valence-electron chi connectivity index (χ2n) is 11.2. The van der Waals surface area contributed by atoms with E-state index in [9.17, 15) is 14.4 Å². The summed E-state index contributed by atoms with van der Waals surface area (Å²) in [6.45, 7) is 8.61. The largest absolute Gasteiger partial charge is 0.444 e. The van der Waals surface area contributed by atoms with Gasteiger partial charge in [0.1, 0.15) is 11.1 Å². The molecule has 214 valence electrons. The molecule has 0 saturated carbocycles. The highest BCUT2D eigenvalue weighted by Gasteiger charge is 2.29. The molecule has 0 aliphatic carbocycles. The molecule has 1 amide bonds. The van der Waals surface area contributed by atoms with Crippen LogP contribution in [-0.4, -0.2) is 54.7 Å². The van der Waals surface area contributed by atoms with Gasteiger partial charge in [0.25, 0.3) is 11.1 Å². The molecule has 5 rings (SSSR count). The maximum atomic E-state index is 14.0. The minimum absolute atomic E-state index is 0.0929. The monoisotopic (exact) mass is 557 g/mol. The number of anilines is 1. The molecule has 1 aliphatic heterocycles. The summed E-state index contributed by atoms with van der Waals surface area (Å²) in [6, 6.07) is 11.4. The van der Waals surface area contributed by atoms with Gasteiger partial charge in [-0.15, -0.1) is 5.92 Å². The topological polar surface area (TPSA) is 116 Å². The molecule has 0 radical (unpaired) electrons. The van der Waals surface area contributed by atoms with E-state index in [1.807, 2.05) is 62.1 Å². The molecule has 0 bridgehead atoms. The molecule has 1 saturated heterocycles. The molecule has 1 aliphatic rings. The summed E-state index contributed by atoms with van der Waals surface area (Å²) in [5, 5.41) is 3.94. The van der Waals surface area contributed by atoms with Gasteiger partial charge in [0, 0.05) is 31.6 Å². The van der Waals surface area contributed by atoms with Crippen molar-refractivity contribution in [2.75, 3.05) is 18.0 Å². The molecular weight excluding hydrogens is 522 g/mol. The average Bonchev–Trinajstić information content (AvgIpc) is 3.32. The van der Waals surface area contributed by atoms with Crippen molar-refractivity contribution in [1.29, 1.82) is 0 Å². The highest BCUT2D eigenvalue weighted by atomic mass is 16.6. The lowest BCUT2D eigenvalue weighted by Gasteiger charge is -2.34. The number of para-hydroxylation sites is 1. The summed E-state index contributed by atoms with van der Waals surface area (Å²) < 4.78 is 9.85. The summed E-state index contributed by atoms with van der Waals surface area (Å²) in [5.41, 5.74) is 0.429. The van der Waals surface area contributed by atoms with Gasteiger partial charge in [0.15, 0.2) is 5.52 Å². The van der Waals surface area contributed by atoms with E-state index in [-0.39, 0.29) is 41.3 Å². The third kappa shape index (κ3) is 5.82. The van der Waals surface area contributed by atoms with Crippen molar-refractivity contribution in [3.63, 3.8) is 0 Å². The smallest absolute Gasteiger partial charge is 0.407 e. The third-order valence-corrected chi connectivity index (χ3v) is 7.05. The van der Waals surface area contributed by atoms with Crippen molar-refractivity contribution in [2.45, 2.75) is 65.3 Å². The number of ether oxygens (including phenoxy) is 1. The van der Waals surface area contributed by atoms with Crippen LogP contribution < -0.4 is 21.3 Å². The van der Waals surface area contributed by atoms with E-state index in [0.29, 0.717) is 24.7 Å². The standard InChI is InChI=1S/C30H35N7O4/c1-6-7-17-36-25-24(33-28(36)35-16-10-12-21(18-35)32-29(40)41-30(2,3)4)26(38)34(5)37(27(25)39)19-22-15-14-20-11-8-9-13-23(20)31-22/h8-9,11,13-15,21H,10,12,16-19H2,1-5H3,(H,32,40)/t21-/m1/s1. The molecule has 11 nitrogen and oxygen atoms in total. The quantitative estimate of drug-likeness (QED) is 0.375. The molecule has 4 aromatic rings. The molecule has 1 atom stereocenters. The molecule has 11 heteroatoms. The van der Waals surface area contributed by atoms with E-state index in [0.717, 1.165) is 23.7 Å². The number of hydrogen-bond donors (Lipinski definition) is 1. The maximum Gasteiger partial charge on any atom is 0.407 e. The molecule has 1 fully saturated rings. The fraction of sp³-hybridized carbons (Fsp3) is 0.433. The van der Waals surface area contributed by atoms with Gasteiger partial charge in [-0.25, -0.2) is 19.1 Å². The predicted molar refractivity (Wildman–Crippen MR) is 158 cm³/mol. The first-order chi connectivity index (χ1) is 19.6. The van der Waals surface area contributed by atoms with Crippen molar-refractivity contribution in [3.8, 4) is 11.8 Å². The van der Waals surface area contributed by atoms with Gasteiger partial charge in [-0.3, -0.25) is 19.1 Å². The molecule has 41 heavy (non-hydrogen) atoms. The lowest BCUT2D eigenvalue weighted by Crippen LogP contribution is -2.49. The fourth-order valence-electron chi connectivity index (χ4n) is 5.16. The predicted octanol–water partition coefficient (Wildman–Crippen LogP) is 3.01. The number of carbonyl (C=O) groups is 1. The highest BCUT2D eigenvalue weighted by molar-refractivity contribution is 5.79. The van der Waals surface area contributed by atoms with Crippen LogP contribution in [0.3, 0.4) is 0 Å². The van der Waals surface area contributed by atoms with Gasteiger partial charge in [0.05, 0.1) is 24.3 Å². The van der Waals surface area contributed by atoms with Gasteiger partial charge in [-0.1, -0.05) is 30.2 Å². The normalized spacial score (nSPS) is 15.5. The first-order valence-corrected chi connectivity index (χ1v) is 13.7. The van der Waals surface area contributed by atoms with Crippen LogP contribution in [0.25, 0.3) is 21.9 Å². The van der Waals surface area contributed by atoms with Gasteiger partial charge in [-0.2, -0.15) is 0 Å². The number of rotatable bonds is 5. The molecule has 0 unspecified atom stereocenters. The Morgan fingerprint density at radius 3 is 2.66 bits per heavy atom. The molecule has 1 aromatic carbocycles. The number of amides is 1. The lowest BCUT2D eigenvalue weighted by molar-refractivity contribution is 0.0499. The van der Waals surface area contributed by atoms with Crippen LogP contribution in [0.15, 0.2) is 46.0 Å². The van der Waals surface area contributed by atoms with E-state index in [1.54, 1.807) is 18.5 Å². The van der Waals surface area contributed by atoms with Crippen LogP contribution >= 0.6 is 0 Å². The van der Waals surface area contributed by atoms with Crippen molar-refractivity contribution in [1.82, 2.24) is 29.2 Å². The number of alkyl carbamates (subject to hydrolysis) is 1. The maximum absolute atomic E-state index is 14.0. The van der Waals surface area contributed by atoms with Crippen molar-refractivity contribution >= 4 is 34.0 Å². The second-order valence-corrected chi connectivity index (χ2v) is 11.2.